The fourth-order valence-electron chi connectivity index (χ4n) is 3.91. The molecule has 0 aliphatic carbocycles. The third kappa shape index (κ3) is 3.40. The number of alkyl halides is 3. The van der Waals surface area contributed by atoms with E-state index in [4.69, 9.17) is 0 Å². The number of anilines is 1. The number of rotatable bonds is 3. The van der Waals surface area contributed by atoms with E-state index in [0.717, 1.165) is 22.8 Å². The highest BCUT2D eigenvalue weighted by molar-refractivity contribution is 7.09. The van der Waals surface area contributed by atoms with E-state index in [1.54, 1.807) is 30.1 Å². The van der Waals surface area contributed by atoms with Gasteiger partial charge in [0.1, 0.15) is 6.33 Å². The molecule has 156 valence electrons. The van der Waals surface area contributed by atoms with Crippen LogP contribution in [0.5, 0.6) is 0 Å². The summed E-state index contributed by atoms with van der Waals surface area (Å²) in [5.41, 5.74) is 3.08. The summed E-state index contributed by atoms with van der Waals surface area (Å²) in [5, 5.41) is 4.83. The molecule has 0 bridgehead atoms. The van der Waals surface area contributed by atoms with Crippen molar-refractivity contribution in [3.8, 4) is 11.3 Å². The molecule has 2 aromatic carbocycles. The Balaban J connectivity index is 1.77. The van der Waals surface area contributed by atoms with Gasteiger partial charge in [0.25, 0.3) is 0 Å². The molecular weight excluding hydrogens is 423 g/mol. The van der Waals surface area contributed by atoms with Crippen LogP contribution < -0.4 is 4.90 Å². The maximum absolute atomic E-state index is 13.6. The lowest BCUT2D eigenvalue weighted by molar-refractivity contribution is -0.137. The van der Waals surface area contributed by atoms with E-state index in [1.807, 2.05) is 41.4 Å². The molecule has 0 N–H and O–H groups in total. The summed E-state index contributed by atoms with van der Waals surface area (Å²) >= 11 is 1.23. The molecule has 1 aliphatic heterocycles. The SMILES string of the molecule is Cn1nccc1-c1cc(C(F)(F)F)ccc1C1c2ccccc2C=CN1c1ncns1. The van der Waals surface area contributed by atoms with Crippen LogP contribution in [-0.4, -0.2) is 19.1 Å². The summed E-state index contributed by atoms with van der Waals surface area (Å²) in [6.07, 6.45) is 2.48. The van der Waals surface area contributed by atoms with E-state index < -0.39 is 11.7 Å². The van der Waals surface area contributed by atoms with Crippen LogP contribution in [0.25, 0.3) is 17.3 Å². The first kappa shape index (κ1) is 19.5. The molecule has 0 amide bonds. The van der Waals surface area contributed by atoms with E-state index in [0.29, 0.717) is 16.4 Å². The van der Waals surface area contributed by atoms with E-state index in [-0.39, 0.29) is 6.04 Å². The first-order valence-corrected chi connectivity index (χ1v) is 10.2. The molecule has 1 atom stereocenters. The lowest BCUT2D eigenvalue weighted by atomic mass is 9.87. The maximum Gasteiger partial charge on any atom is 0.416 e. The molecule has 0 saturated heterocycles. The van der Waals surface area contributed by atoms with Crippen LogP contribution in [0.2, 0.25) is 0 Å². The average molecular weight is 439 g/mol. The Bertz CT molecular complexity index is 1260. The lowest BCUT2D eigenvalue weighted by Crippen LogP contribution is -2.28. The van der Waals surface area contributed by atoms with Gasteiger partial charge in [0, 0.05) is 36.5 Å². The van der Waals surface area contributed by atoms with Crippen LogP contribution in [0.15, 0.2) is 67.3 Å². The Morgan fingerprint density at radius 1 is 1.03 bits per heavy atom. The summed E-state index contributed by atoms with van der Waals surface area (Å²) in [6.45, 7) is 0. The first-order chi connectivity index (χ1) is 14.9. The molecule has 1 aliphatic rings. The molecule has 0 spiro atoms. The van der Waals surface area contributed by atoms with Crippen LogP contribution in [0.3, 0.4) is 0 Å². The minimum absolute atomic E-state index is 0.374. The second kappa shape index (κ2) is 7.35. The largest absolute Gasteiger partial charge is 0.416 e. The molecule has 3 heterocycles. The van der Waals surface area contributed by atoms with Gasteiger partial charge in [-0.15, -0.1) is 0 Å². The van der Waals surface area contributed by atoms with Crippen molar-refractivity contribution in [2.45, 2.75) is 12.2 Å². The van der Waals surface area contributed by atoms with Crippen molar-refractivity contribution in [3.63, 3.8) is 0 Å². The number of aromatic nitrogens is 4. The number of benzene rings is 2. The number of hydrogen-bond acceptors (Lipinski definition) is 5. The molecule has 1 unspecified atom stereocenters. The van der Waals surface area contributed by atoms with Crippen molar-refractivity contribution in [1.29, 1.82) is 0 Å². The second-order valence-electron chi connectivity index (χ2n) is 7.12. The fourth-order valence-corrected chi connectivity index (χ4v) is 4.46. The number of nitrogens with zero attached hydrogens (tertiary/aromatic N) is 5. The molecule has 9 heteroatoms. The number of aryl methyl sites for hydroxylation is 1. The predicted molar refractivity (Wildman–Crippen MR) is 113 cm³/mol. The zero-order valence-corrected chi connectivity index (χ0v) is 17.1. The Kier molecular flexibility index (Phi) is 4.62. The van der Waals surface area contributed by atoms with Crippen molar-refractivity contribution in [2.24, 2.45) is 7.05 Å². The van der Waals surface area contributed by atoms with Crippen LogP contribution >= 0.6 is 11.5 Å². The van der Waals surface area contributed by atoms with Gasteiger partial charge in [-0.2, -0.15) is 22.6 Å². The number of fused-ring (bicyclic) bond motifs is 1. The van der Waals surface area contributed by atoms with Crippen molar-refractivity contribution in [3.05, 3.63) is 89.5 Å². The van der Waals surface area contributed by atoms with E-state index in [2.05, 4.69) is 14.5 Å². The monoisotopic (exact) mass is 439 g/mol. The van der Waals surface area contributed by atoms with E-state index in [9.17, 15) is 13.2 Å². The van der Waals surface area contributed by atoms with Gasteiger partial charge in [-0.05, 0) is 41.0 Å². The molecule has 4 aromatic rings. The fraction of sp³-hybridized carbons (Fsp3) is 0.136. The molecule has 0 fully saturated rings. The first-order valence-electron chi connectivity index (χ1n) is 9.45. The summed E-state index contributed by atoms with van der Waals surface area (Å²) in [6, 6.07) is 13.1. The maximum atomic E-state index is 13.6. The second-order valence-corrected chi connectivity index (χ2v) is 7.88. The van der Waals surface area contributed by atoms with Gasteiger partial charge < -0.3 is 4.90 Å². The van der Waals surface area contributed by atoms with Crippen molar-refractivity contribution >= 4 is 22.7 Å². The summed E-state index contributed by atoms with van der Waals surface area (Å²) in [5.74, 6) is 0. The predicted octanol–water partition coefficient (Wildman–Crippen LogP) is 5.54. The number of halogens is 3. The van der Waals surface area contributed by atoms with Gasteiger partial charge in [-0.3, -0.25) is 4.68 Å². The molecule has 5 nitrogen and oxygen atoms in total. The van der Waals surface area contributed by atoms with Gasteiger partial charge in [-0.1, -0.05) is 30.3 Å². The average Bonchev–Trinajstić information content (AvgIpc) is 3.44. The van der Waals surface area contributed by atoms with Crippen LogP contribution in [0, 0.1) is 0 Å². The smallest absolute Gasteiger partial charge is 0.312 e. The minimum Gasteiger partial charge on any atom is -0.312 e. The topological polar surface area (TPSA) is 46.8 Å². The van der Waals surface area contributed by atoms with E-state index >= 15 is 0 Å². The Hall–Kier alpha value is -3.46. The molecule has 0 radical (unpaired) electrons. The zero-order valence-electron chi connectivity index (χ0n) is 16.3. The standard InChI is InChI=1S/C22H16F3N5S/c1-29-19(8-10-27-29)18-12-15(22(23,24)25)6-7-17(18)20-16-5-3-2-4-14(16)9-11-30(20)21-26-13-28-31-21/h2-13,20H,1H3. The van der Waals surface area contributed by atoms with Crippen molar-refractivity contribution < 1.29 is 13.2 Å². The normalized spacial score (nSPS) is 15.9. The minimum atomic E-state index is -4.45. The quantitative estimate of drug-likeness (QED) is 0.421. The summed E-state index contributed by atoms with van der Waals surface area (Å²) in [4.78, 5) is 6.29. The molecule has 0 saturated carbocycles. The Labute approximate surface area is 180 Å². The van der Waals surface area contributed by atoms with Crippen LogP contribution in [0.4, 0.5) is 18.3 Å². The summed E-state index contributed by atoms with van der Waals surface area (Å²) < 4.78 is 46.4. The van der Waals surface area contributed by atoms with Crippen molar-refractivity contribution in [1.82, 2.24) is 19.1 Å². The molecule has 5 rings (SSSR count). The number of hydrogen-bond donors (Lipinski definition) is 0. The highest BCUT2D eigenvalue weighted by Crippen LogP contribution is 2.44. The third-order valence-electron chi connectivity index (χ3n) is 5.33. The van der Waals surface area contributed by atoms with Gasteiger partial charge in [-0.25, -0.2) is 4.98 Å². The Morgan fingerprint density at radius 3 is 2.58 bits per heavy atom. The van der Waals surface area contributed by atoms with Gasteiger partial charge in [0.2, 0.25) is 5.13 Å². The Morgan fingerprint density at radius 2 is 1.87 bits per heavy atom. The third-order valence-corrected chi connectivity index (χ3v) is 6.01. The summed E-state index contributed by atoms with van der Waals surface area (Å²) in [7, 11) is 1.72. The van der Waals surface area contributed by atoms with Crippen molar-refractivity contribution in [2.75, 3.05) is 4.90 Å². The van der Waals surface area contributed by atoms with Gasteiger partial charge in [0.15, 0.2) is 0 Å². The molecular formula is C22H16F3N5S. The molecule has 2 aromatic heterocycles. The lowest BCUT2D eigenvalue weighted by Gasteiger charge is -2.34. The highest BCUT2D eigenvalue weighted by atomic mass is 32.1. The van der Waals surface area contributed by atoms with Gasteiger partial charge >= 0.3 is 6.18 Å². The molecule has 31 heavy (non-hydrogen) atoms. The highest BCUT2D eigenvalue weighted by Gasteiger charge is 2.35. The van der Waals surface area contributed by atoms with Crippen LogP contribution in [-0.2, 0) is 13.2 Å². The zero-order chi connectivity index (χ0) is 21.6. The van der Waals surface area contributed by atoms with E-state index in [1.165, 1.54) is 23.9 Å². The van der Waals surface area contributed by atoms with Gasteiger partial charge in [0.05, 0.1) is 17.3 Å². The van der Waals surface area contributed by atoms with Crippen LogP contribution in [0.1, 0.15) is 28.3 Å².